The molecule has 1 aromatic carbocycles. The van der Waals surface area contributed by atoms with Crippen LogP contribution in [-0.2, 0) is 0 Å². The maximum Gasteiger partial charge on any atom is 0.238 e. The first-order valence-corrected chi connectivity index (χ1v) is 8.30. The number of hydrogen-bond acceptors (Lipinski definition) is 5. The standard InChI is InChI=1S/C19H16BrNO4/c1-3-7-25-19-15(20)10-13(11-17(19)23-4-2)9-14(12-21)18(22)16-6-5-8-24-16/h3,5-6,8-11H,1,4,7H2,2H3/b14-9+. The highest BCUT2D eigenvalue weighted by Crippen LogP contribution is 2.37. The third kappa shape index (κ3) is 4.61. The third-order valence-corrected chi connectivity index (χ3v) is 3.69. The van der Waals surface area contributed by atoms with E-state index in [4.69, 9.17) is 13.9 Å². The van der Waals surface area contributed by atoms with Gasteiger partial charge in [0.25, 0.3) is 0 Å². The molecule has 0 aliphatic heterocycles. The highest BCUT2D eigenvalue weighted by Gasteiger charge is 2.16. The van der Waals surface area contributed by atoms with Crippen molar-refractivity contribution in [2.45, 2.75) is 6.92 Å². The summed E-state index contributed by atoms with van der Waals surface area (Å²) in [4.78, 5) is 12.3. The molecule has 0 N–H and O–H groups in total. The average molecular weight is 402 g/mol. The Labute approximate surface area is 154 Å². The van der Waals surface area contributed by atoms with Crippen molar-refractivity contribution in [2.75, 3.05) is 13.2 Å². The minimum atomic E-state index is -0.478. The molecule has 1 aromatic heterocycles. The van der Waals surface area contributed by atoms with Crippen LogP contribution in [-0.4, -0.2) is 19.0 Å². The molecule has 2 rings (SSSR count). The summed E-state index contributed by atoms with van der Waals surface area (Å²) in [6.45, 7) is 6.25. The monoisotopic (exact) mass is 401 g/mol. The van der Waals surface area contributed by atoms with Gasteiger partial charge in [-0.3, -0.25) is 4.79 Å². The summed E-state index contributed by atoms with van der Waals surface area (Å²) in [6, 6.07) is 8.47. The van der Waals surface area contributed by atoms with Crippen LogP contribution in [0.2, 0.25) is 0 Å². The van der Waals surface area contributed by atoms with Crippen molar-refractivity contribution in [1.29, 1.82) is 5.26 Å². The van der Waals surface area contributed by atoms with E-state index >= 15 is 0 Å². The zero-order chi connectivity index (χ0) is 18.2. The predicted octanol–water partition coefficient (Wildman–Crippen LogP) is 4.80. The second-order valence-corrected chi connectivity index (χ2v) is 5.69. The second-order valence-electron chi connectivity index (χ2n) is 4.84. The smallest absolute Gasteiger partial charge is 0.238 e. The number of nitriles is 1. The number of rotatable bonds is 8. The van der Waals surface area contributed by atoms with Crippen LogP contribution >= 0.6 is 15.9 Å². The molecule has 25 heavy (non-hydrogen) atoms. The number of carbonyl (C=O) groups is 1. The molecule has 0 saturated heterocycles. The minimum absolute atomic E-state index is 0.0379. The van der Waals surface area contributed by atoms with Crippen molar-refractivity contribution in [2.24, 2.45) is 0 Å². The van der Waals surface area contributed by atoms with E-state index in [1.807, 2.05) is 13.0 Å². The third-order valence-electron chi connectivity index (χ3n) is 3.10. The van der Waals surface area contributed by atoms with Gasteiger partial charge in [-0.15, -0.1) is 0 Å². The molecule has 128 valence electrons. The van der Waals surface area contributed by atoms with E-state index in [-0.39, 0.29) is 11.3 Å². The molecule has 0 aliphatic rings. The fourth-order valence-corrected chi connectivity index (χ4v) is 2.65. The van der Waals surface area contributed by atoms with E-state index in [2.05, 4.69) is 22.5 Å². The molecule has 0 spiro atoms. The van der Waals surface area contributed by atoms with Crippen LogP contribution in [0.4, 0.5) is 0 Å². The topological polar surface area (TPSA) is 72.5 Å². The van der Waals surface area contributed by atoms with Crippen LogP contribution < -0.4 is 9.47 Å². The summed E-state index contributed by atoms with van der Waals surface area (Å²) >= 11 is 3.43. The Balaban J connectivity index is 2.42. The van der Waals surface area contributed by atoms with Crippen molar-refractivity contribution in [3.8, 4) is 17.6 Å². The lowest BCUT2D eigenvalue weighted by Gasteiger charge is -2.13. The first-order chi connectivity index (χ1) is 12.1. The predicted molar refractivity (Wildman–Crippen MR) is 97.6 cm³/mol. The molecule has 2 aromatic rings. The Bertz CT molecular complexity index is 832. The molecule has 0 unspecified atom stereocenters. The molecule has 0 saturated carbocycles. The van der Waals surface area contributed by atoms with Crippen molar-refractivity contribution >= 4 is 27.8 Å². The molecule has 0 bridgehead atoms. The molecule has 0 radical (unpaired) electrons. The van der Waals surface area contributed by atoms with E-state index in [0.717, 1.165) is 0 Å². The number of furan rings is 1. The Morgan fingerprint density at radius 3 is 2.84 bits per heavy atom. The zero-order valence-corrected chi connectivity index (χ0v) is 15.2. The summed E-state index contributed by atoms with van der Waals surface area (Å²) < 4.78 is 16.9. The summed E-state index contributed by atoms with van der Waals surface area (Å²) in [5.74, 6) is 0.680. The fourth-order valence-electron chi connectivity index (χ4n) is 2.07. The molecule has 0 fully saturated rings. The van der Waals surface area contributed by atoms with Gasteiger partial charge in [0.1, 0.15) is 18.2 Å². The largest absolute Gasteiger partial charge is 0.490 e. The first-order valence-electron chi connectivity index (χ1n) is 7.50. The lowest BCUT2D eigenvalue weighted by atomic mass is 10.1. The van der Waals surface area contributed by atoms with Gasteiger partial charge in [-0.1, -0.05) is 12.7 Å². The number of carbonyl (C=O) groups excluding carboxylic acids is 1. The van der Waals surface area contributed by atoms with Gasteiger partial charge in [-0.05, 0) is 58.8 Å². The number of Topliss-reactive ketones (excluding diaryl/α,β-unsaturated/α-hetero) is 1. The van der Waals surface area contributed by atoms with Crippen LogP contribution in [0.5, 0.6) is 11.5 Å². The van der Waals surface area contributed by atoms with Crippen molar-refractivity contribution in [3.05, 3.63) is 64.6 Å². The van der Waals surface area contributed by atoms with E-state index in [9.17, 15) is 10.1 Å². The normalized spacial score (nSPS) is 10.8. The summed E-state index contributed by atoms with van der Waals surface area (Å²) in [5, 5.41) is 9.31. The molecular weight excluding hydrogens is 386 g/mol. The molecule has 1 heterocycles. The van der Waals surface area contributed by atoms with Gasteiger partial charge in [0.15, 0.2) is 17.3 Å². The molecular formula is C19H16BrNO4. The maximum atomic E-state index is 12.3. The minimum Gasteiger partial charge on any atom is -0.490 e. The van der Waals surface area contributed by atoms with Crippen molar-refractivity contribution < 1.29 is 18.7 Å². The summed E-state index contributed by atoms with van der Waals surface area (Å²) in [5.41, 5.74) is 0.585. The molecule has 5 nitrogen and oxygen atoms in total. The van der Waals surface area contributed by atoms with Gasteiger partial charge in [0.2, 0.25) is 5.78 Å². The molecule has 0 aliphatic carbocycles. The summed E-state index contributed by atoms with van der Waals surface area (Å²) in [7, 11) is 0. The first kappa shape index (κ1) is 18.6. The number of ketones is 1. The van der Waals surface area contributed by atoms with Crippen LogP contribution in [0.25, 0.3) is 6.08 Å². The van der Waals surface area contributed by atoms with E-state index in [1.165, 1.54) is 18.4 Å². The Morgan fingerprint density at radius 1 is 1.44 bits per heavy atom. The summed E-state index contributed by atoms with van der Waals surface area (Å²) in [6.07, 6.45) is 4.50. The highest BCUT2D eigenvalue weighted by molar-refractivity contribution is 9.10. The van der Waals surface area contributed by atoms with Gasteiger partial charge in [0, 0.05) is 0 Å². The van der Waals surface area contributed by atoms with Crippen LogP contribution in [0, 0.1) is 11.3 Å². The highest BCUT2D eigenvalue weighted by atomic mass is 79.9. The zero-order valence-electron chi connectivity index (χ0n) is 13.6. The SMILES string of the molecule is C=CCOc1c(Br)cc(/C=C(\C#N)C(=O)c2ccco2)cc1OCC. The van der Waals surface area contributed by atoms with Gasteiger partial charge in [-0.2, -0.15) is 5.26 Å². The lowest BCUT2D eigenvalue weighted by molar-refractivity contribution is 0.101. The van der Waals surface area contributed by atoms with Crippen LogP contribution in [0.15, 0.2) is 57.6 Å². The van der Waals surface area contributed by atoms with E-state index < -0.39 is 5.78 Å². The van der Waals surface area contributed by atoms with Gasteiger partial charge >= 0.3 is 0 Å². The number of halogens is 1. The Kier molecular flexibility index (Phi) is 6.61. The van der Waals surface area contributed by atoms with Crippen LogP contribution in [0.1, 0.15) is 23.0 Å². The van der Waals surface area contributed by atoms with Crippen molar-refractivity contribution in [1.82, 2.24) is 0 Å². The van der Waals surface area contributed by atoms with Gasteiger partial charge in [-0.25, -0.2) is 0 Å². The van der Waals surface area contributed by atoms with E-state index in [1.54, 1.807) is 24.3 Å². The van der Waals surface area contributed by atoms with Crippen molar-refractivity contribution in [3.63, 3.8) is 0 Å². The second kappa shape index (κ2) is 8.90. The van der Waals surface area contributed by atoms with Gasteiger partial charge < -0.3 is 13.9 Å². The molecule has 0 atom stereocenters. The fraction of sp³-hybridized carbons (Fsp3) is 0.158. The maximum absolute atomic E-state index is 12.3. The number of allylic oxidation sites excluding steroid dienone is 1. The van der Waals surface area contributed by atoms with Gasteiger partial charge in [0.05, 0.1) is 17.3 Å². The number of nitrogens with zero attached hydrogens (tertiary/aromatic N) is 1. The number of hydrogen-bond donors (Lipinski definition) is 0. The average Bonchev–Trinajstić information content (AvgIpc) is 3.13. The number of ether oxygens (including phenoxy) is 2. The molecule has 6 heteroatoms. The van der Waals surface area contributed by atoms with E-state index in [0.29, 0.717) is 34.7 Å². The molecule has 0 amide bonds. The Morgan fingerprint density at radius 2 is 2.24 bits per heavy atom. The lowest BCUT2D eigenvalue weighted by Crippen LogP contribution is -2.02. The number of benzene rings is 1. The van der Waals surface area contributed by atoms with Crippen LogP contribution in [0.3, 0.4) is 0 Å². The quantitative estimate of drug-likeness (QED) is 0.275. The Hall–Kier alpha value is -2.78.